The fraction of sp³-hybridized carbons (Fsp3) is 0.167. The Kier molecular flexibility index (Phi) is 4.00. The summed E-state index contributed by atoms with van der Waals surface area (Å²) in [7, 11) is 0. The number of amides is 1. The number of rotatable bonds is 3. The van der Waals surface area contributed by atoms with E-state index < -0.39 is 5.54 Å². The summed E-state index contributed by atoms with van der Waals surface area (Å²) in [6.07, 6.45) is 0. The van der Waals surface area contributed by atoms with Crippen LogP contribution in [-0.4, -0.2) is 16.1 Å². The summed E-state index contributed by atoms with van der Waals surface area (Å²) < 4.78 is 0. The lowest BCUT2D eigenvalue weighted by atomic mass is 9.93. The van der Waals surface area contributed by atoms with E-state index in [0.717, 1.165) is 5.56 Å². The van der Waals surface area contributed by atoms with Crippen molar-refractivity contribution < 1.29 is 4.79 Å². The number of hydrogen-bond donors (Lipinski definition) is 2. The van der Waals surface area contributed by atoms with Crippen molar-refractivity contribution in [3.05, 3.63) is 64.3 Å². The smallest absolute Gasteiger partial charge is 0.270 e. The summed E-state index contributed by atoms with van der Waals surface area (Å²) in [4.78, 5) is 12.7. The van der Waals surface area contributed by atoms with Gasteiger partial charge in [0.05, 0.1) is 22.2 Å². The molecule has 6 heteroatoms. The molecule has 0 aliphatic heterocycles. The van der Waals surface area contributed by atoms with Gasteiger partial charge in [-0.15, -0.1) is 0 Å². The predicted molar refractivity (Wildman–Crippen MR) is 92.8 cm³/mol. The molecule has 0 aliphatic rings. The van der Waals surface area contributed by atoms with E-state index in [1.807, 2.05) is 26.0 Å². The molecule has 0 saturated heterocycles. The molecular formula is C18H15ClN4O. The molecule has 24 heavy (non-hydrogen) atoms. The highest BCUT2D eigenvalue weighted by Gasteiger charge is 2.25. The first kappa shape index (κ1) is 16.0. The first-order valence-electron chi connectivity index (χ1n) is 7.38. The number of benzene rings is 2. The minimum absolute atomic E-state index is 0.269. The second-order valence-electron chi connectivity index (χ2n) is 6.00. The van der Waals surface area contributed by atoms with Crippen LogP contribution in [0.3, 0.4) is 0 Å². The average molecular weight is 339 g/mol. The largest absolute Gasteiger partial charge is 0.342 e. The minimum Gasteiger partial charge on any atom is -0.342 e. The Bertz CT molecular complexity index is 951. The molecular weight excluding hydrogens is 324 g/mol. The van der Waals surface area contributed by atoms with E-state index in [9.17, 15) is 4.79 Å². The Morgan fingerprint density at radius 2 is 1.96 bits per heavy atom. The summed E-state index contributed by atoms with van der Waals surface area (Å²) in [6.45, 7) is 3.80. The summed E-state index contributed by atoms with van der Waals surface area (Å²) in [5, 5.41) is 19.9. The zero-order valence-electron chi connectivity index (χ0n) is 13.2. The van der Waals surface area contributed by atoms with E-state index in [1.165, 1.54) is 0 Å². The van der Waals surface area contributed by atoms with Crippen LogP contribution in [0.4, 0.5) is 0 Å². The van der Waals surface area contributed by atoms with Gasteiger partial charge in [0, 0.05) is 5.39 Å². The van der Waals surface area contributed by atoms with Gasteiger partial charge >= 0.3 is 0 Å². The fourth-order valence-electron chi connectivity index (χ4n) is 2.56. The second-order valence-corrected chi connectivity index (χ2v) is 6.41. The molecule has 0 radical (unpaired) electrons. The van der Waals surface area contributed by atoms with Crippen LogP contribution in [0.2, 0.25) is 5.02 Å². The number of para-hydroxylation sites is 1. The molecule has 0 saturated carbocycles. The van der Waals surface area contributed by atoms with Crippen LogP contribution in [0.1, 0.15) is 35.5 Å². The molecule has 2 aromatic carbocycles. The van der Waals surface area contributed by atoms with E-state index in [0.29, 0.717) is 27.2 Å². The lowest BCUT2D eigenvalue weighted by Crippen LogP contribution is -2.41. The molecule has 5 nitrogen and oxygen atoms in total. The Balaban J connectivity index is 1.89. The first-order valence-corrected chi connectivity index (χ1v) is 7.76. The van der Waals surface area contributed by atoms with Gasteiger partial charge < -0.3 is 5.32 Å². The number of nitriles is 1. The monoisotopic (exact) mass is 338 g/mol. The molecule has 0 atom stereocenters. The number of hydrogen-bond acceptors (Lipinski definition) is 3. The summed E-state index contributed by atoms with van der Waals surface area (Å²) in [5.74, 6) is -0.269. The molecule has 3 rings (SSSR count). The number of nitrogens with zero attached hydrogens (tertiary/aromatic N) is 2. The summed E-state index contributed by atoms with van der Waals surface area (Å²) in [5.41, 5.74) is 1.81. The van der Waals surface area contributed by atoms with Gasteiger partial charge in [-0.1, -0.05) is 35.9 Å². The van der Waals surface area contributed by atoms with Gasteiger partial charge in [0.15, 0.2) is 0 Å². The van der Waals surface area contributed by atoms with Crippen LogP contribution < -0.4 is 5.32 Å². The van der Waals surface area contributed by atoms with Gasteiger partial charge in [0.1, 0.15) is 11.2 Å². The van der Waals surface area contributed by atoms with Crippen LogP contribution in [-0.2, 0) is 5.54 Å². The lowest BCUT2D eigenvalue weighted by molar-refractivity contribution is 0.0908. The van der Waals surface area contributed by atoms with Crippen molar-refractivity contribution >= 4 is 28.4 Å². The van der Waals surface area contributed by atoms with Crippen molar-refractivity contribution in [1.29, 1.82) is 5.26 Å². The maximum atomic E-state index is 12.7. The number of fused-ring (bicyclic) bond motifs is 1. The Morgan fingerprint density at radius 3 is 2.62 bits per heavy atom. The van der Waals surface area contributed by atoms with Gasteiger partial charge in [-0.25, -0.2) is 0 Å². The molecule has 1 amide bonds. The van der Waals surface area contributed by atoms with Crippen molar-refractivity contribution in [3.63, 3.8) is 0 Å². The molecule has 0 aliphatic carbocycles. The van der Waals surface area contributed by atoms with Crippen molar-refractivity contribution in [2.75, 3.05) is 0 Å². The number of carbonyl (C=O) groups is 1. The highest BCUT2D eigenvalue weighted by Crippen LogP contribution is 2.25. The van der Waals surface area contributed by atoms with E-state index in [-0.39, 0.29) is 5.91 Å². The van der Waals surface area contributed by atoms with E-state index in [2.05, 4.69) is 21.6 Å². The number of nitrogens with one attached hydrogen (secondary N) is 2. The van der Waals surface area contributed by atoms with E-state index in [4.69, 9.17) is 16.9 Å². The van der Waals surface area contributed by atoms with Crippen LogP contribution in [0.15, 0.2) is 42.5 Å². The second kappa shape index (κ2) is 5.99. The Labute approximate surface area is 144 Å². The van der Waals surface area contributed by atoms with Gasteiger partial charge in [0.2, 0.25) is 0 Å². The molecule has 0 spiro atoms. The molecule has 2 N–H and O–H groups in total. The number of halogens is 1. The first-order chi connectivity index (χ1) is 11.4. The van der Waals surface area contributed by atoms with Crippen LogP contribution >= 0.6 is 11.6 Å². The number of aromatic amines is 1. The van der Waals surface area contributed by atoms with Gasteiger partial charge in [0.25, 0.3) is 5.91 Å². The standard InChI is InChI=1S/C18H15ClN4O/c1-18(2,12-8-6-11(10-20)7-9-12)21-17(24)16-13-4-3-5-14(19)15(13)22-23-16/h3-9H,1-2H3,(H,21,24)(H,22,23). The average Bonchev–Trinajstić information content (AvgIpc) is 3.00. The maximum Gasteiger partial charge on any atom is 0.270 e. The normalized spacial score (nSPS) is 11.2. The van der Waals surface area contributed by atoms with Crippen molar-refractivity contribution in [2.45, 2.75) is 19.4 Å². The summed E-state index contributed by atoms with van der Waals surface area (Å²) >= 11 is 6.09. The van der Waals surface area contributed by atoms with E-state index in [1.54, 1.807) is 30.3 Å². The lowest BCUT2D eigenvalue weighted by Gasteiger charge is -2.26. The van der Waals surface area contributed by atoms with Gasteiger partial charge in [-0.2, -0.15) is 10.4 Å². The Morgan fingerprint density at radius 1 is 1.25 bits per heavy atom. The maximum absolute atomic E-state index is 12.7. The number of carbonyl (C=O) groups excluding carboxylic acids is 1. The highest BCUT2D eigenvalue weighted by atomic mass is 35.5. The van der Waals surface area contributed by atoms with Crippen LogP contribution in [0, 0.1) is 11.3 Å². The van der Waals surface area contributed by atoms with Crippen LogP contribution in [0.25, 0.3) is 10.9 Å². The van der Waals surface area contributed by atoms with E-state index >= 15 is 0 Å². The number of H-pyrrole nitrogens is 1. The van der Waals surface area contributed by atoms with Gasteiger partial charge in [-0.05, 0) is 37.6 Å². The van der Waals surface area contributed by atoms with Crippen molar-refractivity contribution in [3.8, 4) is 6.07 Å². The Hall–Kier alpha value is -2.84. The molecule has 0 bridgehead atoms. The van der Waals surface area contributed by atoms with Crippen molar-refractivity contribution in [2.24, 2.45) is 0 Å². The zero-order valence-corrected chi connectivity index (χ0v) is 14.0. The third-order valence-corrected chi connectivity index (χ3v) is 4.23. The minimum atomic E-state index is -0.610. The fourth-order valence-corrected chi connectivity index (χ4v) is 2.77. The third-order valence-electron chi connectivity index (χ3n) is 3.92. The van der Waals surface area contributed by atoms with Crippen LogP contribution in [0.5, 0.6) is 0 Å². The zero-order chi connectivity index (χ0) is 17.3. The molecule has 120 valence electrons. The van der Waals surface area contributed by atoms with Gasteiger partial charge in [-0.3, -0.25) is 9.89 Å². The quantitative estimate of drug-likeness (QED) is 0.763. The highest BCUT2D eigenvalue weighted by molar-refractivity contribution is 6.35. The molecule has 0 unspecified atom stereocenters. The topological polar surface area (TPSA) is 81.6 Å². The molecule has 1 heterocycles. The number of aromatic nitrogens is 2. The third kappa shape index (κ3) is 2.84. The van der Waals surface area contributed by atoms with Crippen molar-refractivity contribution in [1.82, 2.24) is 15.5 Å². The summed E-state index contributed by atoms with van der Waals surface area (Å²) in [6, 6.07) is 14.5. The SMILES string of the molecule is CC(C)(NC(=O)c1[nH]nc2c(Cl)cccc12)c1ccc(C#N)cc1. The predicted octanol–water partition coefficient (Wildman–Crippen LogP) is 3.75. The molecule has 0 fully saturated rings. The molecule has 1 aromatic heterocycles. The molecule has 3 aromatic rings.